The molecule has 2 rings (SSSR count). The van der Waals surface area contributed by atoms with Gasteiger partial charge in [-0.1, -0.05) is 12.1 Å². The molecule has 1 N–H and O–H groups in total. The Hall–Kier alpha value is -1.31. The average Bonchev–Trinajstić information content (AvgIpc) is 2.38. The molecule has 1 saturated heterocycles. The van der Waals surface area contributed by atoms with E-state index in [1.54, 1.807) is 24.3 Å². The Labute approximate surface area is 119 Å². The van der Waals surface area contributed by atoms with E-state index in [1.165, 1.54) is 11.4 Å². The number of nitrogens with one attached hydrogen (secondary N) is 1. The zero-order valence-electron chi connectivity index (χ0n) is 11.9. The van der Waals surface area contributed by atoms with Crippen LogP contribution in [-0.4, -0.2) is 45.1 Å². The predicted octanol–water partition coefficient (Wildman–Crippen LogP) is 1.46. The third kappa shape index (κ3) is 3.41. The van der Waals surface area contributed by atoms with Gasteiger partial charge in [-0.25, -0.2) is 0 Å². The van der Waals surface area contributed by atoms with Crippen LogP contribution in [-0.2, 0) is 14.9 Å². The monoisotopic (exact) mass is 300 g/mol. The summed E-state index contributed by atoms with van der Waals surface area (Å²) in [5.41, 5.74) is 0.432. The van der Waals surface area contributed by atoms with Gasteiger partial charge in [-0.05, 0) is 26.0 Å². The summed E-state index contributed by atoms with van der Waals surface area (Å²) in [4.78, 5) is 0. The summed E-state index contributed by atoms with van der Waals surface area (Å²) in [5.74, 6) is 0.491. The minimum absolute atomic E-state index is 0.118. The van der Waals surface area contributed by atoms with Crippen molar-refractivity contribution in [3.8, 4) is 5.75 Å². The van der Waals surface area contributed by atoms with Crippen molar-refractivity contribution in [1.29, 1.82) is 0 Å². The normalized spacial score (nSPS) is 24.4. The smallest absolute Gasteiger partial charge is 0.301 e. The molecule has 0 saturated carbocycles. The van der Waals surface area contributed by atoms with E-state index in [4.69, 9.17) is 9.47 Å². The number of para-hydroxylation sites is 2. The second-order valence-electron chi connectivity index (χ2n) is 4.88. The zero-order valence-corrected chi connectivity index (χ0v) is 12.7. The van der Waals surface area contributed by atoms with Gasteiger partial charge >= 0.3 is 10.2 Å². The van der Waals surface area contributed by atoms with E-state index < -0.39 is 10.2 Å². The molecular weight excluding hydrogens is 280 g/mol. The molecule has 0 spiro atoms. The molecule has 0 radical (unpaired) electrons. The molecular formula is C13H20N2O4S. The van der Waals surface area contributed by atoms with Gasteiger partial charge in [-0.2, -0.15) is 12.7 Å². The Morgan fingerprint density at radius 1 is 1.25 bits per heavy atom. The highest BCUT2D eigenvalue weighted by Gasteiger charge is 2.31. The van der Waals surface area contributed by atoms with Crippen molar-refractivity contribution < 1.29 is 17.9 Å². The fourth-order valence-electron chi connectivity index (χ4n) is 2.26. The zero-order chi connectivity index (χ0) is 14.8. The summed E-state index contributed by atoms with van der Waals surface area (Å²) in [6, 6.07) is 6.92. The first-order chi connectivity index (χ1) is 9.42. The van der Waals surface area contributed by atoms with Gasteiger partial charge in [0.1, 0.15) is 5.75 Å². The Morgan fingerprint density at radius 2 is 1.85 bits per heavy atom. The maximum atomic E-state index is 12.4. The summed E-state index contributed by atoms with van der Waals surface area (Å²) in [6.45, 7) is 4.41. The van der Waals surface area contributed by atoms with Crippen molar-refractivity contribution in [2.45, 2.75) is 26.1 Å². The molecule has 112 valence electrons. The second-order valence-corrected chi connectivity index (χ2v) is 6.55. The highest BCUT2D eigenvalue weighted by Crippen LogP contribution is 2.25. The molecule has 1 aromatic rings. The molecule has 1 heterocycles. The van der Waals surface area contributed by atoms with Crippen molar-refractivity contribution in [3.63, 3.8) is 0 Å². The lowest BCUT2D eigenvalue weighted by Crippen LogP contribution is -2.49. The molecule has 6 nitrogen and oxygen atoms in total. The van der Waals surface area contributed by atoms with Crippen LogP contribution in [0.5, 0.6) is 5.75 Å². The summed E-state index contributed by atoms with van der Waals surface area (Å²) < 4.78 is 39.5. The van der Waals surface area contributed by atoms with Gasteiger partial charge in [0, 0.05) is 13.1 Å². The molecule has 0 aliphatic carbocycles. The van der Waals surface area contributed by atoms with Gasteiger partial charge in [0.15, 0.2) is 0 Å². The largest absolute Gasteiger partial charge is 0.495 e. The summed E-state index contributed by atoms with van der Waals surface area (Å²) >= 11 is 0. The van der Waals surface area contributed by atoms with Crippen LogP contribution in [0.1, 0.15) is 13.8 Å². The number of methoxy groups -OCH3 is 1. The maximum Gasteiger partial charge on any atom is 0.301 e. The van der Waals surface area contributed by atoms with Gasteiger partial charge in [0.05, 0.1) is 25.0 Å². The number of morpholine rings is 1. The predicted molar refractivity (Wildman–Crippen MR) is 77.1 cm³/mol. The lowest BCUT2D eigenvalue weighted by Gasteiger charge is -2.34. The highest BCUT2D eigenvalue weighted by molar-refractivity contribution is 7.90. The number of nitrogens with zero attached hydrogens (tertiary/aromatic N) is 1. The molecule has 1 aliphatic heterocycles. The van der Waals surface area contributed by atoms with E-state index in [0.29, 0.717) is 24.5 Å². The summed E-state index contributed by atoms with van der Waals surface area (Å²) in [7, 11) is -2.11. The first kappa shape index (κ1) is 15.1. The van der Waals surface area contributed by atoms with Crippen molar-refractivity contribution in [1.82, 2.24) is 4.31 Å². The van der Waals surface area contributed by atoms with Crippen LogP contribution in [0.4, 0.5) is 5.69 Å². The lowest BCUT2D eigenvalue weighted by molar-refractivity contribution is -0.0439. The first-order valence-electron chi connectivity index (χ1n) is 6.48. The molecule has 2 unspecified atom stereocenters. The Bertz CT molecular complexity index is 551. The molecule has 2 atom stereocenters. The minimum atomic E-state index is -3.61. The number of ether oxygens (including phenoxy) is 2. The fraction of sp³-hybridized carbons (Fsp3) is 0.538. The minimum Gasteiger partial charge on any atom is -0.495 e. The summed E-state index contributed by atoms with van der Waals surface area (Å²) in [6.07, 6.45) is -0.235. The van der Waals surface area contributed by atoms with Gasteiger partial charge in [-0.15, -0.1) is 0 Å². The van der Waals surface area contributed by atoms with Gasteiger partial charge < -0.3 is 9.47 Å². The van der Waals surface area contributed by atoms with Gasteiger partial charge in [-0.3, -0.25) is 4.72 Å². The van der Waals surface area contributed by atoms with Crippen LogP contribution in [0.15, 0.2) is 24.3 Å². The standard InChI is InChI=1S/C13H20N2O4S/c1-10-8-15(9-11(2)19-10)20(16,17)14-12-6-4-5-7-13(12)18-3/h4-7,10-11,14H,8-9H2,1-3H3. The second kappa shape index (κ2) is 5.99. The van der Waals surface area contributed by atoms with Crippen LogP contribution in [0.3, 0.4) is 0 Å². The maximum absolute atomic E-state index is 12.4. The topological polar surface area (TPSA) is 67.9 Å². The molecule has 0 aromatic heterocycles. The van der Waals surface area contributed by atoms with E-state index in [9.17, 15) is 8.42 Å². The van der Waals surface area contributed by atoms with E-state index in [0.717, 1.165) is 0 Å². The van der Waals surface area contributed by atoms with Crippen molar-refractivity contribution in [2.24, 2.45) is 0 Å². The molecule has 0 bridgehead atoms. The number of rotatable bonds is 4. The Kier molecular flexibility index (Phi) is 4.52. The van der Waals surface area contributed by atoms with Crippen LogP contribution in [0, 0.1) is 0 Å². The molecule has 1 fully saturated rings. The quantitative estimate of drug-likeness (QED) is 0.914. The van der Waals surface area contributed by atoms with E-state index >= 15 is 0 Å². The third-order valence-electron chi connectivity index (χ3n) is 3.07. The molecule has 1 aliphatic rings. The number of benzene rings is 1. The summed E-state index contributed by atoms with van der Waals surface area (Å²) in [5, 5.41) is 0. The Morgan fingerprint density at radius 3 is 2.45 bits per heavy atom. The lowest BCUT2D eigenvalue weighted by atomic mass is 10.3. The first-order valence-corrected chi connectivity index (χ1v) is 7.92. The molecule has 20 heavy (non-hydrogen) atoms. The number of hydrogen-bond donors (Lipinski definition) is 1. The van der Waals surface area contributed by atoms with Crippen LogP contribution < -0.4 is 9.46 Å². The van der Waals surface area contributed by atoms with Crippen molar-refractivity contribution in [3.05, 3.63) is 24.3 Å². The third-order valence-corrected chi connectivity index (χ3v) is 4.53. The van der Waals surface area contributed by atoms with Crippen LogP contribution >= 0.6 is 0 Å². The number of anilines is 1. The van der Waals surface area contributed by atoms with E-state index in [1.807, 2.05) is 13.8 Å². The van der Waals surface area contributed by atoms with E-state index in [-0.39, 0.29) is 12.2 Å². The van der Waals surface area contributed by atoms with Gasteiger partial charge in [0.2, 0.25) is 0 Å². The number of hydrogen-bond acceptors (Lipinski definition) is 4. The Balaban J connectivity index is 2.18. The molecule has 0 amide bonds. The average molecular weight is 300 g/mol. The molecule has 1 aromatic carbocycles. The van der Waals surface area contributed by atoms with Crippen LogP contribution in [0.25, 0.3) is 0 Å². The van der Waals surface area contributed by atoms with Gasteiger partial charge in [0.25, 0.3) is 0 Å². The van der Waals surface area contributed by atoms with Crippen LogP contribution in [0.2, 0.25) is 0 Å². The highest BCUT2D eigenvalue weighted by atomic mass is 32.2. The van der Waals surface area contributed by atoms with Crippen molar-refractivity contribution in [2.75, 3.05) is 24.9 Å². The van der Waals surface area contributed by atoms with E-state index in [2.05, 4.69) is 4.72 Å². The SMILES string of the molecule is COc1ccccc1NS(=O)(=O)N1CC(C)OC(C)C1. The molecule has 7 heteroatoms. The van der Waals surface area contributed by atoms with Crippen molar-refractivity contribution >= 4 is 15.9 Å². The fourth-order valence-corrected chi connectivity index (χ4v) is 3.65.